The smallest absolute Gasteiger partial charge is 0.309 e. The van der Waals surface area contributed by atoms with Crippen molar-refractivity contribution in [1.29, 1.82) is 0 Å². The Bertz CT molecular complexity index is 814. The predicted molar refractivity (Wildman–Crippen MR) is 102 cm³/mol. The van der Waals surface area contributed by atoms with Crippen molar-refractivity contribution in [1.82, 2.24) is 15.1 Å². The number of hydrogen-bond acceptors (Lipinski definition) is 5. The maximum atomic E-state index is 11.2. The maximum Gasteiger partial charge on any atom is 0.309 e. The highest BCUT2D eigenvalue weighted by Crippen LogP contribution is 2.34. The minimum atomic E-state index is -0.779. The third kappa shape index (κ3) is 4.60. The molecule has 0 unspecified atom stereocenters. The van der Waals surface area contributed by atoms with Gasteiger partial charge in [-0.15, -0.1) is 0 Å². The van der Waals surface area contributed by atoms with Crippen LogP contribution in [0.15, 0.2) is 24.4 Å². The molecule has 2 N–H and O–H groups in total. The first-order valence-corrected chi connectivity index (χ1v) is 9.23. The number of carboxylic acid groups (broad SMARTS) is 1. The molecule has 0 bridgehead atoms. The highest BCUT2D eigenvalue weighted by atomic mass is 16.5. The van der Waals surface area contributed by atoms with Crippen molar-refractivity contribution in [2.24, 2.45) is 12.5 Å². The fraction of sp³-hybridized carbons (Fsp3) is 0.500. The summed E-state index contributed by atoms with van der Waals surface area (Å²) in [7, 11) is 1.89. The number of aromatic nitrogens is 2. The van der Waals surface area contributed by atoms with Crippen molar-refractivity contribution >= 4 is 5.97 Å². The Labute approximate surface area is 159 Å². The number of benzene rings is 1. The van der Waals surface area contributed by atoms with Crippen molar-refractivity contribution in [3.8, 4) is 22.8 Å². The average molecular weight is 373 g/mol. The third-order valence-electron chi connectivity index (χ3n) is 4.75. The molecule has 0 saturated heterocycles. The van der Waals surface area contributed by atoms with E-state index in [1.165, 1.54) is 0 Å². The second-order valence-corrected chi connectivity index (χ2v) is 7.50. The monoisotopic (exact) mass is 373 g/mol. The number of carboxylic acids is 1. The Hall–Kier alpha value is -2.54. The lowest BCUT2D eigenvalue weighted by molar-refractivity contribution is -0.147. The van der Waals surface area contributed by atoms with Crippen LogP contribution in [0, 0.1) is 5.41 Å². The SMILES string of the molecule is Cn1cc(CNCCC(C)(C)C(=O)O)c(-c2ccc3c(c2)OCCCO3)n1. The van der Waals surface area contributed by atoms with E-state index in [2.05, 4.69) is 10.4 Å². The molecule has 1 aromatic heterocycles. The van der Waals surface area contributed by atoms with E-state index >= 15 is 0 Å². The summed E-state index contributed by atoms with van der Waals surface area (Å²) in [6.07, 6.45) is 3.41. The largest absolute Gasteiger partial charge is 0.490 e. The summed E-state index contributed by atoms with van der Waals surface area (Å²) >= 11 is 0. The summed E-state index contributed by atoms with van der Waals surface area (Å²) in [4.78, 5) is 11.2. The Kier molecular flexibility index (Phi) is 5.70. The first kappa shape index (κ1) is 19.2. The van der Waals surface area contributed by atoms with Gasteiger partial charge in [-0.3, -0.25) is 9.48 Å². The van der Waals surface area contributed by atoms with Crippen molar-refractivity contribution in [2.75, 3.05) is 19.8 Å². The zero-order valence-corrected chi connectivity index (χ0v) is 16.1. The Morgan fingerprint density at radius 1 is 1.30 bits per heavy atom. The molecular formula is C20H27N3O4. The highest BCUT2D eigenvalue weighted by Gasteiger charge is 2.26. The topological polar surface area (TPSA) is 85.6 Å². The Morgan fingerprint density at radius 2 is 2.04 bits per heavy atom. The Balaban J connectivity index is 1.71. The molecule has 1 aliphatic heterocycles. The summed E-state index contributed by atoms with van der Waals surface area (Å²) in [5.74, 6) is 0.735. The van der Waals surface area contributed by atoms with Gasteiger partial charge in [-0.05, 0) is 45.0 Å². The van der Waals surface area contributed by atoms with Crippen LogP contribution in [-0.2, 0) is 18.4 Å². The van der Waals surface area contributed by atoms with Crippen LogP contribution >= 0.6 is 0 Å². The van der Waals surface area contributed by atoms with Gasteiger partial charge in [-0.2, -0.15) is 5.10 Å². The normalized spacial score (nSPS) is 14.0. The number of nitrogens with one attached hydrogen (secondary N) is 1. The van der Waals surface area contributed by atoms with Crippen LogP contribution in [0.5, 0.6) is 11.5 Å². The van der Waals surface area contributed by atoms with Crippen molar-refractivity contribution in [2.45, 2.75) is 33.2 Å². The molecule has 0 fully saturated rings. The molecule has 0 saturated carbocycles. The van der Waals surface area contributed by atoms with Crippen LogP contribution in [0.4, 0.5) is 0 Å². The van der Waals surface area contributed by atoms with Gasteiger partial charge in [0.05, 0.1) is 24.3 Å². The van der Waals surface area contributed by atoms with Crippen LogP contribution < -0.4 is 14.8 Å². The number of ether oxygens (including phenoxy) is 2. The molecule has 27 heavy (non-hydrogen) atoms. The Morgan fingerprint density at radius 3 is 2.78 bits per heavy atom. The van der Waals surface area contributed by atoms with Gasteiger partial charge in [0, 0.05) is 37.3 Å². The van der Waals surface area contributed by atoms with Crippen LogP contribution in [0.25, 0.3) is 11.3 Å². The van der Waals surface area contributed by atoms with E-state index in [0.717, 1.165) is 34.7 Å². The van der Waals surface area contributed by atoms with Crippen LogP contribution in [0.3, 0.4) is 0 Å². The molecular weight excluding hydrogens is 346 g/mol. The minimum absolute atomic E-state index is 0.557. The summed E-state index contributed by atoms with van der Waals surface area (Å²) in [5.41, 5.74) is 2.18. The quantitative estimate of drug-likeness (QED) is 0.726. The molecule has 3 rings (SSSR count). The first-order valence-electron chi connectivity index (χ1n) is 9.23. The highest BCUT2D eigenvalue weighted by molar-refractivity contribution is 5.73. The number of nitrogens with zero attached hydrogens (tertiary/aromatic N) is 2. The van der Waals surface area contributed by atoms with E-state index < -0.39 is 11.4 Å². The van der Waals surface area contributed by atoms with E-state index in [1.54, 1.807) is 18.5 Å². The fourth-order valence-corrected chi connectivity index (χ4v) is 2.95. The van der Waals surface area contributed by atoms with Gasteiger partial charge in [-0.1, -0.05) is 0 Å². The first-order chi connectivity index (χ1) is 12.9. The standard InChI is InChI=1S/C20H27N3O4/c1-20(2,19(24)25)7-8-21-12-15-13-23(3)22-18(15)14-5-6-16-17(11-14)27-10-4-9-26-16/h5-6,11,13,21H,4,7-10,12H2,1-3H3,(H,24,25). The summed E-state index contributed by atoms with van der Waals surface area (Å²) in [6, 6.07) is 5.89. The van der Waals surface area contributed by atoms with Gasteiger partial charge in [0.25, 0.3) is 0 Å². The molecule has 0 atom stereocenters. The summed E-state index contributed by atoms with van der Waals surface area (Å²) in [6.45, 7) is 6.03. The second kappa shape index (κ2) is 8.00. The number of carbonyl (C=O) groups is 1. The zero-order valence-electron chi connectivity index (χ0n) is 16.1. The minimum Gasteiger partial charge on any atom is -0.490 e. The van der Waals surface area contributed by atoms with Gasteiger partial charge >= 0.3 is 5.97 Å². The zero-order chi connectivity index (χ0) is 19.4. The van der Waals surface area contributed by atoms with E-state index in [9.17, 15) is 9.90 Å². The average Bonchev–Trinajstić information content (AvgIpc) is 2.84. The molecule has 0 spiro atoms. The third-order valence-corrected chi connectivity index (χ3v) is 4.75. The maximum absolute atomic E-state index is 11.2. The number of aryl methyl sites for hydroxylation is 1. The van der Waals surface area contributed by atoms with E-state index in [4.69, 9.17) is 9.47 Å². The number of fused-ring (bicyclic) bond motifs is 1. The van der Waals surface area contributed by atoms with Gasteiger partial charge in [0.1, 0.15) is 0 Å². The van der Waals surface area contributed by atoms with Crippen LogP contribution in [-0.4, -0.2) is 40.6 Å². The number of aliphatic carboxylic acids is 1. The molecule has 2 heterocycles. The van der Waals surface area contributed by atoms with Gasteiger partial charge in [-0.25, -0.2) is 0 Å². The summed E-state index contributed by atoms with van der Waals surface area (Å²) < 4.78 is 13.3. The molecule has 1 aliphatic rings. The summed E-state index contributed by atoms with van der Waals surface area (Å²) in [5, 5.41) is 17.1. The molecule has 2 aromatic rings. The van der Waals surface area contributed by atoms with Crippen molar-refractivity contribution in [3.05, 3.63) is 30.0 Å². The fourth-order valence-electron chi connectivity index (χ4n) is 2.95. The van der Waals surface area contributed by atoms with Crippen molar-refractivity contribution < 1.29 is 19.4 Å². The second-order valence-electron chi connectivity index (χ2n) is 7.50. The van der Waals surface area contributed by atoms with Gasteiger partial charge in [0.2, 0.25) is 0 Å². The molecule has 1 aromatic carbocycles. The van der Waals surface area contributed by atoms with Gasteiger partial charge < -0.3 is 19.9 Å². The molecule has 0 aliphatic carbocycles. The van der Waals surface area contributed by atoms with Gasteiger partial charge in [0.15, 0.2) is 11.5 Å². The van der Waals surface area contributed by atoms with E-state index in [-0.39, 0.29) is 0 Å². The van der Waals surface area contributed by atoms with Crippen molar-refractivity contribution in [3.63, 3.8) is 0 Å². The molecule has 7 nitrogen and oxygen atoms in total. The van der Waals surface area contributed by atoms with Crippen LogP contribution in [0.1, 0.15) is 32.3 Å². The number of rotatable bonds is 7. The lowest BCUT2D eigenvalue weighted by Crippen LogP contribution is -2.28. The lowest BCUT2D eigenvalue weighted by Gasteiger charge is -2.18. The van der Waals surface area contributed by atoms with E-state index in [0.29, 0.717) is 32.7 Å². The predicted octanol–water partition coefficient (Wildman–Crippen LogP) is 2.84. The van der Waals surface area contributed by atoms with Crippen LogP contribution in [0.2, 0.25) is 0 Å². The lowest BCUT2D eigenvalue weighted by atomic mass is 9.90. The molecule has 0 radical (unpaired) electrons. The van der Waals surface area contributed by atoms with E-state index in [1.807, 2.05) is 31.4 Å². The molecule has 7 heteroatoms. The molecule has 146 valence electrons. The number of hydrogen-bond donors (Lipinski definition) is 2. The molecule has 0 amide bonds.